The lowest BCUT2D eigenvalue weighted by molar-refractivity contribution is 1.13. The molecule has 0 saturated carbocycles. The van der Waals surface area contributed by atoms with Crippen LogP contribution in [0.2, 0.25) is 5.02 Å². The average Bonchev–Trinajstić information content (AvgIpc) is 1.94. The Hall–Kier alpha value is -0.690. The molecule has 0 aromatic heterocycles. The van der Waals surface area contributed by atoms with Crippen molar-refractivity contribution in [3.63, 3.8) is 0 Å². The fourth-order valence-electron chi connectivity index (χ4n) is 0.860. The van der Waals surface area contributed by atoms with E-state index in [-0.39, 0.29) is 0 Å². The van der Waals surface area contributed by atoms with Gasteiger partial charge in [0.05, 0.1) is 0 Å². The van der Waals surface area contributed by atoms with E-state index >= 15 is 0 Å². The van der Waals surface area contributed by atoms with Crippen molar-refractivity contribution in [3.05, 3.63) is 28.8 Å². The van der Waals surface area contributed by atoms with Crippen molar-refractivity contribution in [2.24, 2.45) is 0 Å². The van der Waals surface area contributed by atoms with Gasteiger partial charge in [-0.3, -0.25) is 0 Å². The summed E-state index contributed by atoms with van der Waals surface area (Å²) in [5, 5.41) is 0.830. The van der Waals surface area contributed by atoms with Gasteiger partial charge < -0.3 is 4.90 Å². The molecule has 1 aromatic rings. The summed E-state index contributed by atoms with van der Waals surface area (Å²) in [6.07, 6.45) is 0. The number of hydrogen-bond donors (Lipinski definition) is 0. The quantitative estimate of drug-likeness (QED) is 0.625. The van der Waals surface area contributed by atoms with Gasteiger partial charge in [0.25, 0.3) is 0 Å². The van der Waals surface area contributed by atoms with Crippen LogP contribution >= 0.6 is 11.6 Å². The van der Waals surface area contributed by atoms with Gasteiger partial charge in [-0.25, -0.2) is 0 Å². The van der Waals surface area contributed by atoms with Gasteiger partial charge in [-0.05, 0) is 24.6 Å². The average molecular weight is 170 g/mol. The van der Waals surface area contributed by atoms with Crippen molar-refractivity contribution >= 4 is 17.3 Å². The van der Waals surface area contributed by atoms with Crippen LogP contribution in [0.4, 0.5) is 5.69 Å². The highest BCUT2D eigenvalue weighted by molar-refractivity contribution is 6.31. The van der Waals surface area contributed by atoms with E-state index in [4.69, 9.17) is 11.6 Å². The molecule has 2 heteroatoms. The molecule has 0 atom stereocenters. The number of halogens is 1. The van der Waals surface area contributed by atoms with Crippen LogP contribution in [0.3, 0.4) is 0 Å². The Morgan fingerprint density at radius 3 is 2.36 bits per heavy atom. The van der Waals surface area contributed by atoms with Gasteiger partial charge in [0.2, 0.25) is 0 Å². The maximum atomic E-state index is 5.93. The molecule has 0 radical (unpaired) electrons. The zero-order valence-corrected chi connectivity index (χ0v) is 7.81. The predicted molar refractivity (Wildman–Crippen MR) is 50.5 cm³/mol. The lowest BCUT2D eigenvalue weighted by Crippen LogP contribution is -2.08. The minimum absolute atomic E-state index is 0.830. The van der Waals surface area contributed by atoms with Crippen LogP contribution in [0.15, 0.2) is 18.2 Å². The van der Waals surface area contributed by atoms with Gasteiger partial charge in [-0.1, -0.05) is 17.7 Å². The zero-order chi connectivity index (χ0) is 8.43. The summed E-state index contributed by atoms with van der Waals surface area (Å²) < 4.78 is 0. The maximum Gasteiger partial charge on any atom is 0.0455 e. The Morgan fingerprint density at radius 2 is 1.91 bits per heavy atom. The highest BCUT2D eigenvalue weighted by Gasteiger charge is 1.97. The molecule has 0 aliphatic carbocycles. The second-order valence-corrected chi connectivity index (χ2v) is 3.24. The molecule has 0 heterocycles. The summed E-state index contributed by atoms with van der Waals surface area (Å²) >= 11 is 5.93. The fourth-order valence-corrected chi connectivity index (χ4v) is 1.03. The fraction of sp³-hybridized carbons (Fsp3) is 0.333. The largest absolute Gasteiger partial charge is 0.378 e. The number of hydrogen-bond acceptors (Lipinski definition) is 1. The number of benzene rings is 1. The normalized spacial score (nSPS) is 9.82. The van der Waals surface area contributed by atoms with E-state index in [0.29, 0.717) is 0 Å². The van der Waals surface area contributed by atoms with Crippen LogP contribution < -0.4 is 4.90 Å². The number of nitrogens with zero attached hydrogens (tertiary/aromatic N) is 1. The first-order valence-electron chi connectivity index (χ1n) is 3.55. The first-order chi connectivity index (χ1) is 5.11. The Kier molecular flexibility index (Phi) is 2.40. The van der Waals surface area contributed by atoms with Crippen molar-refractivity contribution in [2.75, 3.05) is 19.0 Å². The zero-order valence-electron chi connectivity index (χ0n) is 7.06. The van der Waals surface area contributed by atoms with Crippen molar-refractivity contribution in [1.82, 2.24) is 0 Å². The molecule has 0 N–H and O–H groups in total. The van der Waals surface area contributed by atoms with Gasteiger partial charge in [0, 0.05) is 24.8 Å². The molecule has 1 aromatic carbocycles. The van der Waals surface area contributed by atoms with E-state index in [2.05, 4.69) is 6.07 Å². The third-order valence-corrected chi connectivity index (χ3v) is 2.08. The molecule has 0 saturated heterocycles. The number of rotatable bonds is 1. The third-order valence-electron chi connectivity index (χ3n) is 1.67. The summed E-state index contributed by atoms with van der Waals surface area (Å²) in [5.41, 5.74) is 2.26. The van der Waals surface area contributed by atoms with Gasteiger partial charge in [0.1, 0.15) is 0 Å². The van der Waals surface area contributed by atoms with Crippen LogP contribution in [-0.4, -0.2) is 14.1 Å². The van der Waals surface area contributed by atoms with E-state index in [1.807, 2.05) is 38.1 Å². The number of aryl methyl sites for hydroxylation is 1. The molecule has 1 rings (SSSR count). The van der Waals surface area contributed by atoms with E-state index in [1.54, 1.807) is 0 Å². The molecule has 0 bridgehead atoms. The van der Waals surface area contributed by atoms with E-state index in [0.717, 1.165) is 16.3 Å². The first-order valence-corrected chi connectivity index (χ1v) is 3.92. The Bertz CT molecular complexity index is 256. The third kappa shape index (κ3) is 1.87. The van der Waals surface area contributed by atoms with Crippen molar-refractivity contribution in [1.29, 1.82) is 0 Å². The van der Waals surface area contributed by atoms with Crippen molar-refractivity contribution in [3.8, 4) is 0 Å². The molecular weight excluding hydrogens is 158 g/mol. The van der Waals surface area contributed by atoms with Gasteiger partial charge in [-0.15, -0.1) is 0 Å². The molecule has 11 heavy (non-hydrogen) atoms. The van der Waals surface area contributed by atoms with Crippen LogP contribution in [0, 0.1) is 6.92 Å². The van der Waals surface area contributed by atoms with Crippen LogP contribution in [0.25, 0.3) is 0 Å². The van der Waals surface area contributed by atoms with Crippen LogP contribution in [0.5, 0.6) is 0 Å². The maximum absolute atomic E-state index is 5.93. The first kappa shape index (κ1) is 8.41. The standard InChI is InChI=1S/C9H12ClN/c1-7-4-5-8(11(2)3)6-9(7)10/h4-6H,1-3H3. The Labute approximate surface area is 72.6 Å². The molecule has 0 spiro atoms. The summed E-state index contributed by atoms with van der Waals surface area (Å²) in [7, 11) is 4.00. The highest BCUT2D eigenvalue weighted by Crippen LogP contribution is 2.21. The molecule has 0 amide bonds. The van der Waals surface area contributed by atoms with E-state index < -0.39 is 0 Å². The molecule has 0 unspecified atom stereocenters. The molecular formula is C9H12ClN. The molecule has 0 aliphatic heterocycles. The SMILES string of the molecule is Cc1ccc(N(C)C)cc1Cl. The Balaban J connectivity index is 3.05. The monoisotopic (exact) mass is 169 g/mol. The van der Waals surface area contributed by atoms with E-state index in [1.165, 1.54) is 0 Å². The summed E-state index contributed by atoms with van der Waals surface area (Å²) in [6.45, 7) is 2.00. The van der Waals surface area contributed by atoms with Crippen molar-refractivity contribution < 1.29 is 0 Å². The predicted octanol–water partition coefficient (Wildman–Crippen LogP) is 2.71. The molecule has 0 fully saturated rings. The minimum atomic E-state index is 0.830. The topological polar surface area (TPSA) is 3.24 Å². The smallest absolute Gasteiger partial charge is 0.0455 e. The Morgan fingerprint density at radius 1 is 1.27 bits per heavy atom. The lowest BCUT2D eigenvalue weighted by atomic mass is 10.2. The minimum Gasteiger partial charge on any atom is -0.378 e. The van der Waals surface area contributed by atoms with Crippen LogP contribution in [-0.2, 0) is 0 Å². The number of anilines is 1. The lowest BCUT2D eigenvalue weighted by Gasteiger charge is -2.12. The van der Waals surface area contributed by atoms with Gasteiger partial charge in [-0.2, -0.15) is 0 Å². The second-order valence-electron chi connectivity index (χ2n) is 2.83. The second kappa shape index (κ2) is 3.14. The summed E-state index contributed by atoms with van der Waals surface area (Å²) in [4.78, 5) is 2.03. The molecule has 0 aliphatic rings. The van der Waals surface area contributed by atoms with Gasteiger partial charge >= 0.3 is 0 Å². The summed E-state index contributed by atoms with van der Waals surface area (Å²) in [5.74, 6) is 0. The molecule has 60 valence electrons. The van der Waals surface area contributed by atoms with Gasteiger partial charge in [0.15, 0.2) is 0 Å². The van der Waals surface area contributed by atoms with Crippen LogP contribution in [0.1, 0.15) is 5.56 Å². The van der Waals surface area contributed by atoms with E-state index in [9.17, 15) is 0 Å². The molecule has 1 nitrogen and oxygen atoms in total. The highest BCUT2D eigenvalue weighted by atomic mass is 35.5. The summed E-state index contributed by atoms with van der Waals surface area (Å²) in [6, 6.07) is 6.05. The van der Waals surface area contributed by atoms with Crippen molar-refractivity contribution in [2.45, 2.75) is 6.92 Å².